The van der Waals surface area contributed by atoms with Gasteiger partial charge in [0.2, 0.25) is 0 Å². The Labute approximate surface area is 92.5 Å². The molecule has 0 spiro atoms. The predicted octanol–water partition coefficient (Wildman–Crippen LogP) is 1.46. The van der Waals surface area contributed by atoms with Crippen molar-refractivity contribution in [1.82, 2.24) is 0 Å². The highest BCUT2D eigenvalue weighted by Gasteiger charge is 2.13. The summed E-state index contributed by atoms with van der Waals surface area (Å²) < 4.78 is 5.23. The summed E-state index contributed by atoms with van der Waals surface area (Å²) in [5.74, 6) is -0.325. The summed E-state index contributed by atoms with van der Waals surface area (Å²) in [6.07, 6.45) is 0.727. The van der Waals surface area contributed by atoms with Crippen molar-refractivity contribution in [2.24, 2.45) is 0 Å². The molecule has 0 amide bonds. The molecule has 1 rings (SSSR count). The van der Waals surface area contributed by atoms with Crippen molar-refractivity contribution in [3.05, 3.63) is 29.3 Å². The molecule has 86 valence electrons. The molecule has 1 N–H and O–H groups in total. The smallest absolute Gasteiger partial charge is 0.373 e. The summed E-state index contributed by atoms with van der Waals surface area (Å²) in [5, 5.41) is 8.28. The Kier molecular flexibility index (Phi) is 4.47. The van der Waals surface area contributed by atoms with Gasteiger partial charge in [-0.1, -0.05) is 0 Å². The molecule has 0 aliphatic rings. The zero-order valence-electron chi connectivity index (χ0n) is 8.80. The molecule has 5 heteroatoms. The van der Waals surface area contributed by atoms with Gasteiger partial charge in [-0.25, -0.2) is 4.79 Å². The van der Waals surface area contributed by atoms with Crippen molar-refractivity contribution in [2.75, 3.05) is 6.61 Å². The highest BCUT2D eigenvalue weighted by molar-refractivity contribution is 5.91. The number of carbonyl (C=O) groups is 2. The molecular weight excluding hydrogens is 212 g/mol. The van der Waals surface area contributed by atoms with Crippen molar-refractivity contribution >= 4 is 12.3 Å². The largest absolute Gasteiger partial charge is 0.494 e. The summed E-state index contributed by atoms with van der Waals surface area (Å²) in [7, 11) is 0. The van der Waals surface area contributed by atoms with Crippen LogP contribution < -0.4 is 4.74 Å². The van der Waals surface area contributed by atoms with Gasteiger partial charge in [0.1, 0.15) is 12.0 Å². The molecule has 1 aromatic carbocycles. The zero-order chi connectivity index (χ0) is 12.0. The van der Waals surface area contributed by atoms with Crippen LogP contribution in [0.5, 0.6) is 5.75 Å². The fourth-order valence-electron chi connectivity index (χ4n) is 1.33. The second-order valence-electron chi connectivity index (χ2n) is 3.00. The van der Waals surface area contributed by atoms with Crippen molar-refractivity contribution in [2.45, 2.75) is 13.3 Å². The lowest BCUT2D eigenvalue weighted by Crippen LogP contribution is -2.07. The van der Waals surface area contributed by atoms with E-state index < -0.39 is 5.97 Å². The maximum absolute atomic E-state index is 11.1. The van der Waals surface area contributed by atoms with E-state index in [1.165, 1.54) is 6.07 Å². The first kappa shape index (κ1) is 12.2. The number of hydrogen-bond acceptors (Lipinski definition) is 5. The van der Waals surface area contributed by atoms with Crippen molar-refractivity contribution in [1.29, 1.82) is 0 Å². The highest BCUT2D eigenvalue weighted by Crippen LogP contribution is 2.19. The van der Waals surface area contributed by atoms with Gasteiger partial charge in [0, 0.05) is 6.42 Å². The number of hydrogen-bond donors (Lipinski definition) is 1. The second kappa shape index (κ2) is 5.87. The van der Waals surface area contributed by atoms with E-state index in [0.717, 1.165) is 0 Å². The fourth-order valence-corrected chi connectivity index (χ4v) is 1.33. The lowest BCUT2D eigenvalue weighted by molar-refractivity contribution is -0.182. The van der Waals surface area contributed by atoms with E-state index in [9.17, 15) is 9.59 Å². The maximum Gasteiger partial charge on any atom is 0.373 e. The van der Waals surface area contributed by atoms with Gasteiger partial charge in [0.25, 0.3) is 0 Å². The first-order valence-corrected chi connectivity index (χ1v) is 4.78. The van der Waals surface area contributed by atoms with Crippen molar-refractivity contribution in [3.63, 3.8) is 0 Å². The van der Waals surface area contributed by atoms with Crippen LogP contribution in [0.4, 0.5) is 0 Å². The minimum atomic E-state index is -0.889. The van der Waals surface area contributed by atoms with Crippen LogP contribution in [0.3, 0.4) is 0 Å². The lowest BCUT2D eigenvalue weighted by atomic mass is 10.0. The maximum atomic E-state index is 11.1. The van der Waals surface area contributed by atoms with Gasteiger partial charge in [-0.2, -0.15) is 5.26 Å². The van der Waals surface area contributed by atoms with Crippen LogP contribution >= 0.6 is 0 Å². The molecule has 0 bridgehead atoms. The Morgan fingerprint density at radius 3 is 2.81 bits per heavy atom. The molecule has 0 aliphatic carbocycles. The molecule has 0 aromatic heterocycles. The first-order valence-electron chi connectivity index (χ1n) is 4.78. The summed E-state index contributed by atoms with van der Waals surface area (Å²) >= 11 is 0. The molecule has 0 radical (unpaired) electrons. The van der Waals surface area contributed by atoms with Crippen LogP contribution in [0.1, 0.15) is 22.8 Å². The van der Waals surface area contributed by atoms with Crippen molar-refractivity contribution < 1.29 is 24.5 Å². The molecule has 0 aliphatic heterocycles. The molecule has 0 heterocycles. The lowest BCUT2D eigenvalue weighted by Gasteiger charge is -2.07. The van der Waals surface area contributed by atoms with Gasteiger partial charge >= 0.3 is 5.97 Å². The van der Waals surface area contributed by atoms with Crippen LogP contribution in [-0.4, -0.2) is 24.1 Å². The molecular formula is C11H12O5. The van der Waals surface area contributed by atoms with E-state index in [4.69, 9.17) is 9.99 Å². The van der Waals surface area contributed by atoms with E-state index in [-0.39, 0.29) is 12.0 Å². The third-order valence-corrected chi connectivity index (χ3v) is 1.99. The molecule has 16 heavy (non-hydrogen) atoms. The first-order chi connectivity index (χ1) is 7.72. The monoisotopic (exact) mass is 224 g/mol. The van der Waals surface area contributed by atoms with Crippen LogP contribution in [0.2, 0.25) is 0 Å². The SMILES string of the molecule is CCOc1ccc(C(=O)OO)c(CC=O)c1. The van der Waals surface area contributed by atoms with Gasteiger partial charge in [0.15, 0.2) is 0 Å². The minimum Gasteiger partial charge on any atom is -0.494 e. The van der Waals surface area contributed by atoms with E-state index in [0.29, 0.717) is 24.2 Å². The Morgan fingerprint density at radius 2 is 2.25 bits per heavy atom. The van der Waals surface area contributed by atoms with E-state index >= 15 is 0 Å². The van der Waals surface area contributed by atoms with Crippen LogP contribution in [-0.2, 0) is 16.1 Å². The summed E-state index contributed by atoms with van der Waals surface area (Å²) in [4.78, 5) is 25.2. The second-order valence-corrected chi connectivity index (χ2v) is 3.00. The summed E-state index contributed by atoms with van der Waals surface area (Å²) in [6, 6.07) is 4.59. The Morgan fingerprint density at radius 1 is 1.50 bits per heavy atom. The number of carbonyl (C=O) groups excluding carboxylic acids is 2. The third kappa shape index (κ3) is 2.80. The molecule has 5 nitrogen and oxygen atoms in total. The van der Waals surface area contributed by atoms with Crippen LogP contribution in [0, 0.1) is 0 Å². The zero-order valence-corrected chi connectivity index (χ0v) is 8.80. The summed E-state index contributed by atoms with van der Waals surface area (Å²) in [6.45, 7) is 2.32. The Hall–Kier alpha value is -1.88. The third-order valence-electron chi connectivity index (χ3n) is 1.99. The number of ether oxygens (including phenoxy) is 1. The average molecular weight is 224 g/mol. The number of benzene rings is 1. The van der Waals surface area contributed by atoms with Gasteiger partial charge < -0.3 is 9.53 Å². The minimum absolute atomic E-state index is 0.0609. The highest BCUT2D eigenvalue weighted by atomic mass is 17.1. The molecule has 0 unspecified atom stereocenters. The van der Waals surface area contributed by atoms with Gasteiger partial charge in [-0.3, -0.25) is 4.89 Å². The molecule has 0 saturated carbocycles. The van der Waals surface area contributed by atoms with E-state index in [1.54, 1.807) is 12.1 Å². The van der Waals surface area contributed by atoms with E-state index in [1.807, 2.05) is 6.92 Å². The standard InChI is InChI=1S/C11H12O5/c1-2-15-9-3-4-10(11(13)16-14)8(7-9)5-6-12/h3-4,6-7,14H,2,5H2,1H3. The summed E-state index contributed by atoms with van der Waals surface area (Å²) in [5.41, 5.74) is 0.609. The molecule has 0 fully saturated rings. The molecule has 0 atom stereocenters. The van der Waals surface area contributed by atoms with Crippen LogP contribution in [0.15, 0.2) is 18.2 Å². The molecule has 1 aromatic rings. The topological polar surface area (TPSA) is 72.8 Å². The molecule has 0 saturated heterocycles. The van der Waals surface area contributed by atoms with Gasteiger partial charge in [-0.05, 0) is 30.7 Å². The number of rotatable bonds is 5. The Balaban J connectivity index is 3.08. The average Bonchev–Trinajstić information content (AvgIpc) is 2.29. The number of aldehydes is 1. The normalized spacial score (nSPS) is 9.62. The predicted molar refractivity (Wildman–Crippen MR) is 55.4 cm³/mol. The van der Waals surface area contributed by atoms with Crippen molar-refractivity contribution in [3.8, 4) is 5.75 Å². The van der Waals surface area contributed by atoms with E-state index in [2.05, 4.69) is 4.89 Å². The van der Waals surface area contributed by atoms with Crippen LogP contribution in [0.25, 0.3) is 0 Å². The van der Waals surface area contributed by atoms with Gasteiger partial charge in [0.05, 0.1) is 12.2 Å². The Bertz CT molecular complexity index is 386. The van der Waals surface area contributed by atoms with Gasteiger partial charge in [-0.15, -0.1) is 0 Å². The quantitative estimate of drug-likeness (QED) is 0.465. The fraction of sp³-hybridized carbons (Fsp3) is 0.273.